The van der Waals surface area contributed by atoms with E-state index in [1.54, 1.807) is 0 Å². The molecular formula is C13H20N2. The number of anilines is 1. The second-order valence-electron chi connectivity index (χ2n) is 4.76. The molecule has 1 heterocycles. The van der Waals surface area contributed by atoms with Gasteiger partial charge in [0.05, 0.1) is 5.69 Å². The molecule has 1 N–H and O–H groups in total. The monoisotopic (exact) mass is 204 g/mol. The summed E-state index contributed by atoms with van der Waals surface area (Å²) in [5.74, 6) is 1.60. The van der Waals surface area contributed by atoms with E-state index < -0.39 is 0 Å². The Bertz CT molecular complexity index is 297. The van der Waals surface area contributed by atoms with Crippen LogP contribution in [0.4, 0.5) is 5.69 Å². The number of hydrogen-bond acceptors (Lipinski definition) is 2. The van der Waals surface area contributed by atoms with Crippen LogP contribution in [0.2, 0.25) is 0 Å². The highest BCUT2D eigenvalue weighted by Crippen LogP contribution is 2.31. The predicted octanol–water partition coefficient (Wildman–Crippen LogP) is 3.32. The number of nitrogens with one attached hydrogen (secondary N) is 1. The highest BCUT2D eigenvalue weighted by Gasteiger charge is 2.26. The molecule has 1 aliphatic carbocycles. The summed E-state index contributed by atoms with van der Waals surface area (Å²) in [6.45, 7) is 4.72. The normalized spacial score (nSPS) is 31.2. The van der Waals surface area contributed by atoms with Crippen LogP contribution in [-0.2, 0) is 0 Å². The highest BCUT2D eigenvalue weighted by molar-refractivity contribution is 5.41. The van der Waals surface area contributed by atoms with Gasteiger partial charge < -0.3 is 5.32 Å². The Balaban J connectivity index is 1.99. The van der Waals surface area contributed by atoms with E-state index in [1.165, 1.54) is 19.3 Å². The van der Waals surface area contributed by atoms with E-state index >= 15 is 0 Å². The molecule has 0 radical (unpaired) electrons. The van der Waals surface area contributed by atoms with Crippen LogP contribution in [0.5, 0.6) is 0 Å². The molecule has 2 rings (SSSR count). The minimum absolute atomic E-state index is 0.623. The van der Waals surface area contributed by atoms with Crippen molar-refractivity contribution in [1.29, 1.82) is 0 Å². The first-order valence-corrected chi connectivity index (χ1v) is 5.94. The second kappa shape index (κ2) is 4.65. The fraction of sp³-hybridized carbons (Fsp3) is 0.615. The number of pyridine rings is 1. The molecule has 1 aromatic rings. The van der Waals surface area contributed by atoms with E-state index in [9.17, 15) is 0 Å². The topological polar surface area (TPSA) is 24.9 Å². The molecule has 2 heteroatoms. The summed E-state index contributed by atoms with van der Waals surface area (Å²) in [7, 11) is 0. The van der Waals surface area contributed by atoms with Gasteiger partial charge in [-0.15, -0.1) is 0 Å². The lowest BCUT2D eigenvalue weighted by Crippen LogP contribution is -2.34. The summed E-state index contributed by atoms with van der Waals surface area (Å²) in [6, 6.07) is 4.70. The van der Waals surface area contributed by atoms with Crippen LogP contribution in [-0.4, -0.2) is 11.0 Å². The zero-order valence-electron chi connectivity index (χ0n) is 9.61. The van der Waals surface area contributed by atoms with Gasteiger partial charge >= 0.3 is 0 Å². The Hall–Kier alpha value is -1.05. The minimum Gasteiger partial charge on any atom is -0.381 e. The molecule has 0 spiro atoms. The largest absolute Gasteiger partial charge is 0.381 e. The Morgan fingerprint density at radius 3 is 2.93 bits per heavy atom. The summed E-state index contributed by atoms with van der Waals surface area (Å²) >= 11 is 0. The molecule has 1 aromatic heterocycles. The quantitative estimate of drug-likeness (QED) is 0.799. The average Bonchev–Trinajstić information content (AvgIpc) is 2.26. The summed E-state index contributed by atoms with van der Waals surface area (Å²) in [5, 5.41) is 3.60. The summed E-state index contributed by atoms with van der Waals surface area (Å²) in [6.07, 6.45) is 7.75. The third-order valence-electron chi connectivity index (χ3n) is 3.72. The second-order valence-corrected chi connectivity index (χ2v) is 4.76. The molecule has 0 amide bonds. The van der Waals surface area contributed by atoms with Gasteiger partial charge in [-0.1, -0.05) is 26.7 Å². The Labute approximate surface area is 92.1 Å². The number of aromatic nitrogens is 1. The minimum atomic E-state index is 0.623. The van der Waals surface area contributed by atoms with E-state index in [2.05, 4.69) is 30.2 Å². The molecule has 15 heavy (non-hydrogen) atoms. The van der Waals surface area contributed by atoms with Crippen molar-refractivity contribution in [2.24, 2.45) is 11.8 Å². The van der Waals surface area contributed by atoms with Crippen LogP contribution in [0, 0.1) is 11.8 Å². The van der Waals surface area contributed by atoms with Crippen molar-refractivity contribution in [3.8, 4) is 0 Å². The van der Waals surface area contributed by atoms with Gasteiger partial charge in [0.15, 0.2) is 0 Å². The lowest BCUT2D eigenvalue weighted by Gasteiger charge is -2.35. The maximum absolute atomic E-state index is 4.13. The Morgan fingerprint density at radius 2 is 2.20 bits per heavy atom. The first kappa shape index (κ1) is 10.5. The van der Waals surface area contributed by atoms with E-state index in [-0.39, 0.29) is 0 Å². The van der Waals surface area contributed by atoms with Gasteiger partial charge in [0.25, 0.3) is 0 Å². The van der Waals surface area contributed by atoms with Crippen LogP contribution >= 0.6 is 0 Å². The summed E-state index contributed by atoms with van der Waals surface area (Å²) in [5.41, 5.74) is 1.16. The van der Waals surface area contributed by atoms with E-state index in [0.29, 0.717) is 6.04 Å². The zero-order valence-corrected chi connectivity index (χ0v) is 9.61. The predicted molar refractivity (Wildman–Crippen MR) is 63.8 cm³/mol. The molecular weight excluding hydrogens is 184 g/mol. The molecule has 1 aliphatic rings. The van der Waals surface area contributed by atoms with Crippen LogP contribution < -0.4 is 5.32 Å². The molecule has 2 nitrogen and oxygen atoms in total. The molecule has 1 fully saturated rings. The third-order valence-corrected chi connectivity index (χ3v) is 3.72. The van der Waals surface area contributed by atoms with Gasteiger partial charge in [0.1, 0.15) is 0 Å². The van der Waals surface area contributed by atoms with Gasteiger partial charge in [-0.05, 0) is 30.4 Å². The fourth-order valence-electron chi connectivity index (χ4n) is 2.45. The molecule has 0 aromatic carbocycles. The number of nitrogens with zero attached hydrogens (tertiary/aromatic N) is 1. The summed E-state index contributed by atoms with van der Waals surface area (Å²) in [4.78, 5) is 4.13. The highest BCUT2D eigenvalue weighted by atomic mass is 14.9. The van der Waals surface area contributed by atoms with Crippen molar-refractivity contribution in [1.82, 2.24) is 4.98 Å². The van der Waals surface area contributed by atoms with Gasteiger partial charge in [-0.3, -0.25) is 4.98 Å². The fourth-order valence-corrected chi connectivity index (χ4v) is 2.45. The SMILES string of the molecule is CC1CCCC(Nc2cccnc2)C1C. The van der Waals surface area contributed by atoms with Crippen LogP contribution in [0.25, 0.3) is 0 Å². The van der Waals surface area contributed by atoms with Crippen molar-refractivity contribution < 1.29 is 0 Å². The average molecular weight is 204 g/mol. The van der Waals surface area contributed by atoms with E-state index in [0.717, 1.165) is 17.5 Å². The van der Waals surface area contributed by atoms with Gasteiger partial charge in [0.2, 0.25) is 0 Å². The van der Waals surface area contributed by atoms with Crippen molar-refractivity contribution in [3.63, 3.8) is 0 Å². The smallest absolute Gasteiger partial charge is 0.0528 e. The Morgan fingerprint density at radius 1 is 1.33 bits per heavy atom. The molecule has 3 atom stereocenters. The van der Waals surface area contributed by atoms with Crippen molar-refractivity contribution in [2.75, 3.05) is 5.32 Å². The van der Waals surface area contributed by atoms with Gasteiger partial charge in [0, 0.05) is 18.4 Å². The molecule has 0 aliphatic heterocycles. The Kier molecular flexibility index (Phi) is 3.24. The first-order valence-electron chi connectivity index (χ1n) is 5.94. The molecule has 0 bridgehead atoms. The lowest BCUT2D eigenvalue weighted by atomic mass is 9.78. The molecule has 3 unspecified atom stereocenters. The van der Waals surface area contributed by atoms with Crippen molar-refractivity contribution >= 4 is 5.69 Å². The molecule has 82 valence electrons. The number of rotatable bonds is 2. The van der Waals surface area contributed by atoms with Crippen LogP contribution in [0.3, 0.4) is 0 Å². The van der Waals surface area contributed by atoms with Crippen LogP contribution in [0.1, 0.15) is 33.1 Å². The number of hydrogen-bond donors (Lipinski definition) is 1. The molecule has 0 saturated heterocycles. The molecule has 1 saturated carbocycles. The van der Waals surface area contributed by atoms with E-state index in [4.69, 9.17) is 0 Å². The first-order chi connectivity index (χ1) is 7.27. The van der Waals surface area contributed by atoms with E-state index in [1.807, 2.05) is 18.5 Å². The van der Waals surface area contributed by atoms with Crippen LogP contribution in [0.15, 0.2) is 24.5 Å². The van der Waals surface area contributed by atoms with Crippen molar-refractivity contribution in [3.05, 3.63) is 24.5 Å². The van der Waals surface area contributed by atoms with Gasteiger partial charge in [-0.25, -0.2) is 0 Å². The third kappa shape index (κ3) is 2.49. The lowest BCUT2D eigenvalue weighted by molar-refractivity contribution is 0.253. The summed E-state index contributed by atoms with van der Waals surface area (Å²) < 4.78 is 0. The zero-order chi connectivity index (χ0) is 10.7. The maximum Gasteiger partial charge on any atom is 0.0528 e. The maximum atomic E-state index is 4.13. The van der Waals surface area contributed by atoms with Crippen molar-refractivity contribution in [2.45, 2.75) is 39.2 Å². The van der Waals surface area contributed by atoms with Gasteiger partial charge in [-0.2, -0.15) is 0 Å². The standard InChI is InChI=1S/C13H20N2/c1-10-5-3-7-13(11(10)2)15-12-6-4-8-14-9-12/h4,6,8-11,13,15H,3,5,7H2,1-2H3.